The molecule has 1 rings (SSSR count). The fourth-order valence-electron chi connectivity index (χ4n) is 1.83. The average Bonchev–Trinajstić information content (AvgIpc) is 2.56. The van der Waals surface area contributed by atoms with E-state index >= 15 is 0 Å². The third kappa shape index (κ3) is 7.62. The minimum atomic E-state index is -0.0903. The van der Waals surface area contributed by atoms with Crippen LogP contribution in [0.15, 0.2) is 36.4 Å². The second kappa shape index (κ2) is 10.6. The summed E-state index contributed by atoms with van der Waals surface area (Å²) in [4.78, 5) is 23.2. The highest BCUT2D eigenvalue weighted by atomic mass is 16.2. The number of hydrogen-bond donors (Lipinski definition) is 2. The molecule has 0 fully saturated rings. The predicted molar refractivity (Wildman–Crippen MR) is 90.2 cm³/mol. The van der Waals surface area contributed by atoms with Crippen molar-refractivity contribution in [3.05, 3.63) is 42.0 Å². The van der Waals surface area contributed by atoms with Crippen molar-refractivity contribution in [3.63, 3.8) is 0 Å². The van der Waals surface area contributed by atoms with E-state index in [2.05, 4.69) is 10.6 Å². The Morgan fingerprint density at radius 2 is 1.73 bits per heavy atom. The van der Waals surface area contributed by atoms with Gasteiger partial charge < -0.3 is 10.6 Å². The van der Waals surface area contributed by atoms with Crippen molar-refractivity contribution in [1.82, 2.24) is 10.6 Å². The lowest BCUT2D eigenvalue weighted by molar-refractivity contribution is -0.124. The lowest BCUT2D eigenvalue weighted by Crippen LogP contribution is -2.30. The molecule has 2 N–H and O–H groups in total. The van der Waals surface area contributed by atoms with E-state index in [4.69, 9.17) is 0 Å². The Hall–Kier alpha value is -2.10. The number of unbranched alkanes of at least 4 members (excludes halogenated alkanes) is 1. The van der Waals surface area contributed by atoms with E-state index in [-0.39, 0.29) is 17.7 Å². The first-order valence-corrected chi connectivity index (χ1v) is 7.92. The Morgan fingerprint density at radius 3 is 2.36 bits per heavy atom. The Kier molecular flexibility index (Phi) is 8.65. The minimum Gasteiger partial charge on any atom is -0.356 e. The van der Waals surface area contributed by atoms with E-state index in [1.54, 1.807) is 12.2 Å². The van der Waals surface area contributed by atoms with Crippen LogP contribution in [0.3, 0.4) is 0 Å². The summed E-state index contributed by atoms with van der Waals surface area (Å²) in [5.41, 5.74) is 1.01. The summed E-state index contributed by atoms with van der Waals surface area (Å²) in [7, 11) is 0. The van der Waals surface area contributed by atoms with Gasteiger partial charge in [0, 0.05) is 25.1 Å². The van der Waals surface area contributed by atoms with Gasteiger partial charge in [0.25, 0.3) is 0 Å². The molecule has 0 radical (unpaired) electrons. The van der Waals surface area contributed by atoms with Crippen LogP contribution in [0.2, 0.25) is 0 Å². The van der Waals surface area contributed by atoms with Crippen molar-refractivity contribution < 1.29 is 9.59 Å². The van der Waals surface area contributed by atoms with Crippen LogP contribution in [0.25, 0.3) is 6.08 Å². The number of carbonyl (C=O) groups excluding carboxylic acids is 2. The molecule has 1 aromatic rings. The Bertz CT molecular complexity index is 483. The Labute approximate surface area is 133 Å². The van der Waals surface area contributed by atoms with Gasteiger partial charge in [0.15, 0.2) is 0 Å². The fourth-order valence-corrected chi connectivity index (χ4v) is 1.83. The molecule has 1 atom stereocenters. The van der Waals surface area contributed by atoms with Crippen molar-refractivity contribution in [2.75, 3.05) is 13.1 Å². The van der Waals surface area contributed by atoms with Crippen LogP contribution in [-0.2, 0) is 9.59 Å². The van der Waals surface area contributed by atoms with Gasteiger partial charge in [-0.2, -0.15) is 0 Å². The van der Waals surface area contributed by atoms with E-state index in [1.165, 1.54) is 0 Å². The molecule has 1 unspecified atom stereocenters. The zero-order valence-electron chi connectivity index (χ0n) is 13.5. The summed E-state index contributed by atoms with van der Waals surface area (Å²) in [5, 5.41) is 5.74. The standard InChI is InChI=1S/C18H26N2O2/c1-3-15(2)18(22)20-14-8-7-13-19-17(21)12-11-16-9-5-4-6-10-16/h4-6,9-12,15H,3,7-8,13-14H2,1-2H3,(H,19,21)(H,20,22)/b12-11+. The molecule has 0 bridgehead atoms. The SMILES string of the molecule is CCC(C)C(=O)NCCCCNC(=O)/C=C/c1ccccc1. The van der Waals surface area contributed by atoms with Gasteiger partial charge in [-0.1, -0.05) is 44.2 Å². The summed E-state index contributed by atoms with van der Waals surface area (Å²) in [6.45, 7) is 5.22. The van der Waals surface area contributed by atoms with Crippen molar-refractivity contribution in [3.8, 4) is 0 Å². The van der Waals surface area contributed by atoms with Crippen molar-refractivity contribution in [2.45, 2.75) is 33.1 Å². The van der Waals surface area contributed by atoms with Gasteiger partial charge >= 0.3 is 0 Å². The number of hydrogen-bond acceptors (Lipinski definition) is 2. The van der Waals surface area contributed by atoms with Crippen LogP contribution in [0.1, 0.15) is 38.7 Å². The smallest absolute Gasteiger partial charge is 0.243 e. The zero-order valence-corrected chi connectivity index (χ0v) is 13.5. The molecule has 0 spiro atoms. The van der Waals surface area contributed by atoms with Crippen LogP contribution >= 0.6 is 0 Å². The number of nitrogens with one attached hydrogen (secondary N) is 2. The van der Waals surface area contributed by atoms with Crippen LogP contribution in [0, 0.1) is 5.92 Å². The maximum atomic E-state index is 11.6. The molecule has 4 heteroatoms. The third-order valence-electron chi connectivity index (χ3n) is 3.49. The maximum absolute atomic E-state index is 11.6. The first-order valence-electron chi connectivity index (χ1n) is 7.92. The summed E-state index contributed by atoms with van der Waals surface area (Å²) in [5.74, 6) is 0.0904. The largest absolute Gasteiger partial charge is 0.356 e. The number of amides is 2. The fraction of sp³-hybridized carbons (Fsp3) is 0.444. The third-order valence-corrected chi connectivity index (χ3v) is 3.49. The van der Waals surface area contributed by atoms with E-state index in [0.29, 0.717) is 13.1 Å². The van der Waals surface area contributed by atoms with E-state index < -0.39 is 0 Å². The lowest BCUT2D eigenvalue weighted by Gasteiger charge is -2.09. The normalized spacial score (nSPS) is 12.1. The zero-order chi connectivity index (χ0) is 16.2. The second-order valence-electron chi connectivity index (χ2n) is 5.34. The van der Waals surface area contributed by atoms with Crippen molar-refractivity contribution >= 4 is 17.9 Å². The van der Waals surface area contributed by atoms with Crippen LogP contribution < -0.4 is 10.6 Å². The summed E-state index contributed by atoms with van der Waals surface area (Å²) in [6.07, 6.45) is 5.91. The molecular weight excluding hydrogens is 276 g/mol. The number of carbonyl (C=O) groups is 2. The molecule has 0 aliphatic heterocycles. The number of rotatable bonds is 9. The Balaban J connectivity index is 2.08. The van der Waals surface area contributed by atoms with E-state index in [9.17, 15) is 9.59 Å². The highest BCUT2D eigenvalue weighted by Gasteiger charge is 2.08. The highest BCUT2D eigenvalue weighted by molar-refractivity contribution is 5.91. The van der Waals surface area contributed by atoms with Gasteiger partial charge in [-0.05, 0) is 30.9 Å². The molecule has 0 heterocycles. The van der Waals surface area contributed by atoms with Crippen LogP contribution in [0.5, 0.6) is 0 Å². The molecule has 22 heavy (non-hydrogen) atoms. The number of benzene rings is 1. The van der Waals surface area contributed by atoms with E-state index in [0.717, 1.165) is 24.8 Å². The molecule has 0 aromatic heterocycles. The summed E-state index contributed by atoms with van der Waals surface area (Å²) < 4.78 is 0. The maximum Gasteiger partial charge on any atom is 0.243 e. The molecule has 0 aliphatic carbocycles. The van der Waals surface area contributed by atoms with Crippen LogP contribution in [0.4, 0.5) is 0 Å². The summed E-state index contributed by atoms with van der Waals surface area (Å²) >= 11 is 0. The lowest BCUT2D eigenvalue weighted by atomic mass is 10.1. The molecule has 1 aromatic carbocycles. The molecule has 120 valence electrons. The van der Waals surface area contributed by atoms with Crippen molar-refractivity contribution in [2.24, 2.45) is 5.92 Å². The van der Waals surface area contributed by atoms with Crippen LogP contribution in [-0.4, -0.2) is 24.9 Å². The second-order valence-corrected chi connectivity index (χ2v) is 5.34. The molecule has 0 saturated carbocycles. The summed E-state index contributed by atoms with van der Waals surface area (Å²) in [6, 6.07) is 9.71. The van der Waals surface area contributed by atoms with Gasteiger partial charge in [0.2, 0.25) is 11.8 Å². The predicted octanol–water partition coefficient (Wildman–Crippen LogP) is 2.76. The van der Waals surface area contributed by atoms with Gasteiger partial charge in [-0.15, -0.1) is 0 Å². The molecule has 4 nitrogen and oxygen atoms in total. The average molecular weight is 302 g/mol. The topological polar surface area (TPSA) is 58.2 Å². The quantitative estimate of drug-likeness (QED) is 0.544. The molecule has 0 aliphatic rings. The van der Waals surface area contributed by atoms with E-state index in [1.807, 2.05) is 44.2 Å². The van der Waals surface area contributed by atoms with Gasteiger partial charge in [-0.25, -0.2) is 0 Å². The molecule has 2 amide bonds. The minimum absolute atomic E-state index is 0.0721. The van der Waals surface area contributed by atoms with Crippen molar-refractivity contribution in [1.29, 1.82) is 0 Å². The molecular formula is C18H26N2O2. The Morgan fingerprint density at radius 1 is 1.09 bits per heavy atom. The molecule has 0 saturated heterocycles. The monoisotopic (exact) mass is 302 g/mol. The first-order chi connectivity index (χ1) is 10.6. The highest BCUT2D eigenvalue weighted by Crippen LogP contribution is 2.01. The van der Waals surface area contributed by atoms with Gasteiger partial charge in [0.1, 0.15) is 0 Å². The van der Waals surface area contributed by atoms with Gasteiger partial charge in [-0.3, -0.25) is 9.59 Å². The first kappa shape index (κ1) is 18.0. The van der Waals surface area contributed by atoms with Gasteiger partial charge in [0.05, 0.1) is 0 Å².